The average Bonchev–Trinajstić information content (AvgIpc) is 2.89. The lowest BCUT2D eigenvalue weighted by molar-refractivity contribution is -0.114. The van der Waals surface area contributed by atoms with E-state index >= 15 is 0 Å². The molecule has 104 valence electrons. The van der Waals surface area contributed by atoms with E-state index in [1.807, 2.05) is 0 Å². The van der Waals surface area contributed by atoms with Crippen molar-refractivity contribution in [2.45, 2.75) is 13.8 Å². The van der Waals surface area contributed by atoms with Gasteiger partial charge < -0.3 is 14.5 Å². The zero-order chi connectivity index (χ0) is 14.5. The number of hydrogen-bond acceptors (Lipinski definition) is 4. The summed E-state index contributed by atoms with van der Waals surface area (Å²) >= 11 is 0. The van der Waals surface area contributed by atoms with E-state index in [9.17, 15) is 9.59 Å². The summed E-state index contributed by atoms with van der Waals surface area (Å²) in [5, 5.41) is 2.68. The van der Waals surface area contributed by atoms with Crippen LogP contribution < -0.4 is 5.32 Å². The highest BCUT2D eigenvalue weighted by Gasteiger charge is 2.12. The molecule has 1 aromatic heterocycles. The number of rotatable bonds is 4. The molecule has 0 radical (unpaired) electrons. The van der Waals surface area contributed by atoms with Gasteiger partial charge in [-0.1, -0.05) is 0 Å². The summed E-state index contributed by atoms with van der Waals surface area (Å²) in [7, 11) is 0. The lowest BCUT2D eigenvalue weighted by Crippen LogP contribution is -2.05. The van der Waals surface area contributed by atoms with Gasteiger partial charge in [-0.25, -0.2) is 4.79 Å². The molecule has 0 atom stereocenters. The van der Waals surface area contributed by atoms with Crippen LogP contribution in [-0.4, -0.2) is 18.5 Å². The van der Waals surface area contributed by atoms with Crippen molar-refractivity contribution in [3.8, 4) is 11.3 Å². The molecule has 0 aliphatic carbocycles. The standard InChI is InChI=1S/C15H15NO4/c1-3-19-15(18)14-9-8-13(20-14)11-4-6-12(7-5-11)16-10(2)17/h4-9H,3H2,1-2H3,(H,16,17). The topological polar surface area (TPSA) is 68.5 Å². The quantitative estimate of drug-likeness (QED) is 0.869. The minimum absolute atomic E-state index is 0.125. The fourth-order valence-corrected chi connectivity index (χ4v) is 1.73. The van der Waals surface area contributed by atoms with Crippen molar-refractivity contribution in [2.24, 2.45) is 0 Å². The molecule has 1 heterocycles. The number of carbonyl (C=O) groups excluding carboxylic acids is 2. The molecule has 0 aliphatic heterocycles. The smallest absolute Gasteiger partial charge is 0.374 e. The van der Waals surface area contributed by atoms with Gasteiger partial charge in [-0.05, 0) is 43.3 Å². The maximum absolute atomic E-state index is 11.5. The maximum atomic E-state index is 11.5. The highest BCUT2D eigenvalue weighted by atomic mass is 16.5. The Morgan fingerprint density at radius 1 is 1.15 bits per heavy atom. The molecule has 0 saturated heterocycles. The number of hydrogen-bond donors (Lipinski definition) is 1. The Morgan fingerprint density at radius 2 is 1.85 bits per heavy atom. The zero-order valence-electron chi connectivity index (χ0n) is 11.3. The van der Waals surface area contributed by atoms with Gasteiger partial charge in [-0.3, -0.25) is 4.79 Å². The van der Waals surface area contributed by atoms with Gasteiger partial charge in [0.25, 0.3) is 0 Å². The summed E-state index contributed by atoms with van der Waals surface area (Å²) in [5.74, 6) is 0.143. The van der Waals surface area contributed by atoms with Crippen LogP contribution in [0, 0.1) is 0 Å². The second-order valence-corrected chi connectivity index (χ2v) is 4.14. The van der Waals surface area contributed by atoms with Crippen molar-refractivity contribution >= 4 is 17.6 Å². The number of anilines is 1. The molecule has 0 fully saturated rings. The summed E-state index contributed by atoms with van der Waals surface area (Å²) in [6, 6.07) is 10.4. The summed E-state index contributed by atoms with van der Waals surface area (Å²) in [4.78, 5) is 22.4. The van der Waals surface area contributed by atoms with Crippen LogP contribution in [0.2, 0.25) is 0 Å². The van der Waals surface area contributed by atoms with Crippen molar-refractivity contribution in [3.63, 3.8) is 0 Å². The Hall–Kier alpha value is -2.56. The van der Waals surface area contributed by atoms with Gasteiger partial charge in [0.15, 0.2) is 0 Å². The Bertz CT molecular complexity index is 613. The summed E-state index contributed by atoms with van der Waals surface area (Å²) in [6.45, 7) is 3.49. The van der Waals surface area contributed by atoms with E-state index in [0.29, 0.717) is 18.1 Å². The summed E-state index contributed by atoms with van der Waals surface area (Å²) in [5.41, 5.74) is 1.52. The van der Waals surface area contributed by atoms with Gasteiger partial charge in [0, 0.05) is 18.2 Å². The number of amides is 1. The molecule has 2 aromatic rings. The Balaban J connectivity index is 2.15. The molecular formula is C15H15NO4. The first-order valence-corrected chi connectivity index (χ1v) is 6.25. The van der Waals surface area contributed by atoms with Crippen LogP contribution in [0.25, 0.3) is 11.3 Å². The first kappa shape index (κ1) is 13.9. The second-order valence-electron chi connectivity index (χ2n) is 4.14. The predicted octanol–water partition coefficient (Wildman–Crippen LogP) is 3.08. The molecular weight excluding hydrogens is 258 g/mol. The van der Waals surface area contributed by atoms with Crippen molar-refractivity contribution in [2.75, 3.05) is 11.9 Å². The van der Waals surface area contributed by atoms with E-state index in [1.165, 1.54) is 6.92 Å². The van der Waals surface area contributed by atoms with E-state index in [0.717, 1.165) is 5.56 Å². The van der Waals surface area contributed by atoms with E-state index < -0.39 is 5.97 Å². The third-order valence-electron chi connectivity index (χ3n) is 2.57. The Labute approximate surface area is 116 Å². The maximum Gasteiger partial charge on any atom is 0.374 e. The molecule has 0 aliphatic rings. The van der Waals surface area contributed by atoms with Crippen LogP contribution in [0.5, 0.6) is 0 Å². The number of furan rings is 1. The van der Waals surface area contributed by atoms with Crippen LogP contribution in [0.3, 0.4) is 0 Å². The first-order chi connectivity index (χ1) is 9.60. The minimum Gasteiger partial charge on any atom is -0.460 e. The summed E-state index contributed by atoms with van der Waals surface area (Å²) in [6.07, 6.45) is 0. The average molecular weight is 273 g/mol. The summed E-state index contributed by atoms with van der Waals surface area (Å²) < 4.78 is 10.3. The van der Waals surface area contributed by atoms with E-state index in [1.54, 1.807) is 43.3 Å². The third kappa shape index (κ3) is 3.26. The van der Waals surface area contributed by atoms with Crippen LogP contribution in [0.4, 0.5) is 5.69 Å². The number of nitrogens with one attached hydrogen (secondary N) is 1. The van der Waals surface area contributed by atoms with E-state index in [-0.39, 0.29) is 11.7 Å². The fraction of sp³-hybridized carbons (Fsp3) is 0.200. The fourth-order valence-electron chi connectivity index (χ4n) is 1.73. The lowest BCUT2D eigenvalue weighted by Gasteiger charge is -2.03. The van der Waals surface area contributed by atoms with Gasteiger partial charge in [0.05, 0.1) is 6.61 Å². The third-order valence-corrected chi connectivity index (χ3v) is 2.57. The first-order valence-electron chi connectivity index (χ1n) is 6.25. The second kappa shape index (κ2) is 6.06. The van der Waals surface area contributed by atoms with Crippen LogP contribution in [-0.2, 0) is 9.53 Å². The molecule has 1 N–H and O–H groups in total. The Morgan fingerprint density at radius 3 is 2.45 bits per heavy atom. The molecule has 0 saturated carbocycles. The van der Waals surface area contributed by atoms with Gasteiger partial charge >= 0.3 is 5.97 Å². The van der Waals surface area contributed by atoms with Gasteiger partial charge in [0.1, 0.15) is 5.76 Å². The molecule has 2 rings (SSSR count). The highest BCUT2D eigenvalue weighted by Crippen LogP contribution is 2.24. The number of carbonyl (C=O) groups is 2. The Kier molecular flexibility index (Phi) is 4.20. The molecule has 20 heavy (non-hydrogen) atoms. The molecule has 1 aromatic carbocycles. The molecule has 5 heteroatoms. The normalized spacial score (nSPS) is 10.1. The lowest BCUT2D eigenvalue weighted by atomic mass is 10.1. The SMILES string of the molecule is CCOC(=O)c1ccc(-c2ccc(NC(C)=O)cc2)o1. The highest BCUT2D eigenvalue weighted by molar-refractivity contribution is 5.89. The molecule has 1 amide bonds. The van der Waals surface area contributed by atoms with Crippen molar-refractivity contribution in [3.05, 3.63) is 42.2 Å². The monoisotopic (exact) mass is 273 g/mol. The largest absolute Gasteiger partial charge is 0.460 e. The van der Waals surface area contributed by atoms with E-state index in [4.69, 9.17) is 9.15 Å². The van der Waals surface area contributed by atoms with Crippen LogP contribution in [0.15, 0.2) is 40.8 Å². The molecule has 5 nitrogen and oxygen atoms in total. The van der Waals surface area contributed by atoms with Gasteiger partial charge in [-0.15, -0.1) is 0 Å². The zero-order valence-corrected chi connectivity index (χ0v) is 11.3. The molecule has 0 bridgehead atoms. The number of benzene rings is 1. The number of ether oxygens (including phenoxy) is 1. The van der Waals surface area contributed by atoms with Crippen molar-refractivity contribution in [1.29, 1.82) is 0 Å². The molecule has 0 unspecified atom stereocenters. The van der Waals surface area contributed by atoms with Crippen molar-refractivity contribution in [1.82, 2.24) is 0 Å². The van der Waals surface area contributed by atoms with Crippen LogP contribution in [0.1, 0.15) is 24.4 Å². The predicted molar refractivity (Wildman–Crippen MR) is 74.4 cm³/mol. The minimum atomic E-state index is -0.478. The van der Waals surface area contributed by atoms with Gasteiger partial charge in [-0.2, -0.15) is 0 Å². The molecule has 0 spiro atoms. The van der Waals surface area contributed by atoms with Crippen molar-refractivity contribution < 1.29 is 18.7 Å². The van der Waals surface area contributed by atoms with Gasteiger partial charge in [0.2, 0.25) is 11.7 Å². The van der Waals surface area contributed by atoms with E-state index in [2.05, 4.69) is 5.32 Å². The number of esters is 1. The van der Waals surface area contributed by atoms with Crippen LogP contribution >= 0.6 is 0 Å².